The molecule has 2 aromatic rings. The molecule has 1 aliphatic rings. The quantitative estimate of drug-likeness (QED) is 0.898. The van der Waals surface area contributed by atoms with Gasteiger partial charge in [0.2, 0.25) is 0 Å². The third kappa shape index (κ3) is 1.91. The van der Waals surface area contributed by atoms with Crippen molar-refractivity contribution in [2.75, 3.05) is 13.6 Å². The number of hydrogen-bond donors (Lipinski definition) is 1. The summed E-state index contributed by atoms with van der Waals surface area (Å²) in [5.74, 6) is 1.25. The van der Waals surface area contributed by atoms with E-state index in [0.717, 1.165) is 19.5 Å². The van der Waals surface area contributed by atoms with Gasteiger partial charge < -0.3 is 9.88 Å². The second-order valence-electron chi connectivity index (χ2n) is 4.41. The van der Waals surface area contributed by atoms with Crippen molar-refractivity contribution in [1.82, 2.24) is 14.9 Å². The predicted molar refractivity (Wildman–Crippen MR) is 71.5 cm³/mol. The molecule has 0 atom stereocenters. The Hall–Kier alpha value is -1.13. The highest BCUT2D eigenvalue weighted by atomic mass is 32.1. The third-order valence-corrected chi connectivity index (χ3v) is 4.18. The van der Waals surface area contributed by atoms with Gasteiger partial charge >= 0.3 is 0 Å². The summed E-state index contributed by atoms with van der Waals surface area (Å²) in [6.45, 7) is 2.15. The molecule has 0 spiro atoms. The molecule has 3 heterocycles. The van der Waals surface area contributed by atoms with Crippen molar-refractivity contribution in [2.45, 2.75) is 25.8 Å². The zero-order valence-electron chi connectivity index (χ0n) is 10.1. The Bertz CT molecular complexity index is 499. The molecule has 0 bridgehead atoms. The van der Waals surface area contributed by atoms with Gasteiger partial charge in [-0.15, -0.1) is 11.3 Å². The molecule has 1 aliphatic heterocycles. The van der Waals surface area contributed by atoms with Gasteiger partial charge in [0.05, 0.1) is 4.88 Å². The Labute approximate surface area is 106 Å². The maximum absolute atomic E-state index is 4.85. The first kappa shape index (κ1) is 11.0. The Morgan fingerprint density at radius 3 is 3.24 bits per heavy atom. The largest absolute Gasteiger partial charge is 0.331 e. The number of rotatable bonds is 4. The van der Waals surface area contributed by atoms with Gasteiger partial charge in [-0.05, 0) is 31.3 Å². The lowest BCUT2D eigenvalue weighted by Gasteiger charge is -2.02. The van der Waals surface area contributed by atoms with Crippen LogP contribution in [0.15, 0.2) is 17.5 Å². The smallest absolute Gasteiger partial charge is 0.110 e. The Morgan fingerprint density at radius 1 is 1.53 bits per heavy atom. The van der Waals surface area contributed by atoms with Crippen LogP contribution in [0, 0.1) is 0 Å². The fraction of sp³-hybridized carbons (Fsp3) is 0.462. The Kier molecular flexibility index (Phi) is 2.99. The minimum absolute atomic E-state index is 1.00. The SMILES string of the molecule is CNCCc1nc(-c2cccs2)c2n1CCC2. The summed E-state index contributed by atoms with van der Waals surface area (Å²) in [5.41, 5.74) is 2.67. The highest BCUT2D eigenvalue weighted by Gasteiger charge is 2.22. The average Bonchev–Trinajstić information content (AvgIpc) is 3.03. The fourth-order valence-electron chi connectivity index (χ4n) is 2.50. The molecule has 17 heavy (non-hydrogen) atoms. The van der Waals surface area contributed by atoms with Crippen molar-refractivity contribution in [3.63, 3.8) is 0 Å². The fourth-order valence-corrected chi connectivity index (χ4v) is 3.23. The molecule has 1 N–H and O–H groups in total. The van der Waals surface area contributed by atoms with E-state index in [9.17, 15) is 0 Å². The van der Waals surface area contributed by atoms with E-state index in [1.807, 2.05) is 7.05 Å². The lowest BCUT2D eigenvalue weighted by Crippen LogP contribution is -2.13. The summed E-state index contributed by atoms with van der Waals surface area (Å²) in [6, 6.07) is 4.28. The van der Waals surface area contributed by atoms with E-state index in [-0.39, 0.29) is 0 Å². The molecule has 0 saturated heterocycles. The lowest BCUT2D eigenvalue weighted by atomic mass is 10.2. The monoisotopic (exact) mass is 247 g/mol. The second-order valence-corrected chi connectivity index (χ2v) is 5.36. The van der Waals surface area contributed by atoms with Crippen molar-refractivity contribution in [3.8, 4) is 10.6 Å². The molecule has 3 rings (SSSR count). The molecular formula is C13H17N3S. The molecule has 4 heteroatoms. The summed E-state index contributed by atoms with van der Waals surface area (Å²) in [7, 11) is 1.99. The highest BCUT2D eigenvalue weighted by molar-refractivity contribution is 7.13. The van der Waals surface area contributed by atoms with E-state index in [2.05, 4.69) is 27.4 Å². The van der Waals surface area contributed by atoms with Gasteiger partial charge in [-0.25, -0.2) is 4.98 Å². The minimum Gasteiger partial charge on any atom is -0.331 e. The lowest BCUT2D eigenvalue weighted by molar-refractivity contribution is 0.663. The van der Waals surface area contributed by atoms with Crippen LogP contribution in [-0.4, -0.2) is 23.1 Å². The summed E-state index contributed by atoms with van der Waals surface area (Å²) >= 11 is 1.79. The molecule has 0 saturated carbocycles. The molecule has 0 aliphatic carbocycles. The molecule has 0 fully saturated rings. The maximum Gasteiger partial charge on any atom is 0.110 e. The van der Waals surface area contributed by atoms with Crippen LogP contribution in [0.3, 0.4) is 0 Å². The molecule has 3 nitrogen and oxygen atoms in total. The molecular weight excluding hydrogens is 230 g/mol. The normalized spacial score (nSPS) is 14.2. The molecule has 2 aromatic heterocycles. The van der Waals surface area contributed by atoms with Crippen LogP contribution in [0.1, 0.15) is 17.9 Å². The van der Waals surface area contributed by atoms with Gasteiger partial charge in [-0.3, -0.25) is 0 Å². The van der Waals surface area contributed by atoms with E-state index in [1.54, 1.807) is 11.3 Å². The summed E-state index contributed by atoms with van der Waals surface area (Å²) < 4.78 is 2.42. The Balaban J connectivity index is 2.00. The highest BCUT2D eigenvalue weighted by Crippen LogP contribution is 2.32. The summed E-state index contributed by atoms with van der Waals surface area (Å²) in [5, 5.41) is 5.33. The second kappa shape index (κ2) is 4.63. The van der Waals surface area contributed by atoms with Crippen LogP contribution >= 0.6 is 11.3 Å². The molecule has 0 aromatic carbocycles. The number of hydrogen-bond acceptors (Lipinski definition) is 3. The van der Waals surface area contributed by atoms with Crippen LogP contribution < -0.4 is 5.32 Å². The first-order valence-corrected chi connectivity index (χ1v) is 7.05. The third-order valence-electron chi connectivity index (χ3n) is 3.30. The number of nitrogens with zero attached hydrogens (tertiary/aromatic N) is 2. The number of thiophene rings is 1. The average molecular weight is 247 g/mol. The standard InChI is InChI=1S/C13H17N3S/c1-14-7-6-12-15-13(11-5-3-9-17-11)10-4-2-8-16(10)12/h3,5,9,14H,2,4,6-8H2,1H3. The topological polar surface area (TPSA) is 29.9 Å². The van der Waals surface area contributed by atoms with E-state index < -0.39 is 0 Å². The zero-order chi connectivity index (χ0) is 11.7. The first-order valence-electron chi connectivity index (χ1n) is 6.17. The predicted octanol–water partition coefficient (Wildman–Crippen LogP) is 2.32. The van der Waals surface area contributed by atoms with Crippen LogP contribution in [0.2, 0.25) is 0 Å². The number of aromatic nitrogens is 2. The van der Waals surface area contributed by atoms with Crippen molar-refractivity contribution < 1.29 is 0 Å². The van der Waals surface area contributed by atoms with E-state index in [4.69, 9.17) is 4.98 Å². The molecule has 0 amide bonds. The summed E-state index contributed by atoms with van der Waals surface area (Å²) in [4.78, 5) is 6.16. The maximum atomic E-state index is 4.85. The van der Waals surface area contributed by atoms with Gasteiger partial charge in [-0.2, -0.15) is 0 Å². The number of likely N-dealkylation sites (N-methyl/N-ethyl adjacent to an activating group) is 1. The molecule has 0 radical (unpaired) electrons. The van der Waals surface area contributed by atoms with Gasteiger partial charge in [0.1, 0.15) is 11.5 Å². The van der Waals surface area contributed by atoms with E-state index in [1.165, 1.54) is 34.9 Å². The summed E-state index contributed by atoms with van der Waals surface area (Å²) in [6.07, 6.45) is 3.47. The van der Waals surface area contributed by atoms with Gasteiger partial charge in [0.15, 0.2) is 0 Å². The number of nitrogens with one attached hydrogen (secondary N) is 1. The first-order chi connectivity index (χ1) is 8.40. The van der Waals surface area contributed by atoms with Crippen molar-refractivity contribution >= 4 is 11.3 Å². The zero-order valence-corrected chi connectivity index (χ0v) is 10.9. The van der Waals surface area contributed by atoms with E-state index >= 15 is 0 Å². The van der Waals surface area contributed by atoms with Gasteiger partial charge in [-0.1, -0.05) is 6.07 Å². The minimum atomic E-state index is 1.00. The van der Waals surface area contributed by atoms with Crippen molar-refractivity contribution in [3.05, 3.63) is 29.0 Å². The molecule has 90 valence electrons. The van der Waals surface area contributed by atoms with Crippen LogP contribution in [0.25, 0.3) is 10.6 Å². The van der Waals surface area contributed by atoms with Crippen molar-refractivity contribution in [2.24, 2.45) is 0 Å². The number of imidazole rings is 1. The van der Waals surface area contributed by atoms with Crippen LogP contribution in [0.4, 0.5) is 0 Å². The Morgan fingerprint density at radius 2 is 2.47 bits per heavy atom. The van der Waals surface area contributed by atoms with Gasteiger partial charge in [0, 0.05) is 25.2 Å². The van der Waals surface area contributed by atoms with Crippen LogP contribution in [0.5, 0.6) is 0 Å². The van der Waals surface area contributed by atoms with E-state index in [0.29, 0.717) is 0 Å². The van der Waals surface area contributed by atoms with Gasteiger partial charge in [0.25, 0.3) is 0 Å². The van der Waals surface area contributed by atoms with Crippen molar-refractivity contribution in [1.29, 1.82) is 0 Å². The number of fused-ring (bicyclic) bond motifs is 1. The van der Waals surface area contributed by atoms with Crippen LogP contribution in [-0.2, 0) is 19.4 Å². The molecule has 0 unspecified atom stereocenters.